The third kappa shape index (κ3) is 3.10. The van der Waals surface area contributed by atoms with Crippen LogP contribution in [0.3, 0.4) is 0 Å². The van der Waals surface area contributed by atoms with Crippen molar-refractivity contribution in [2.45, 2.75) is 20.4 Å². The summed E-state index contributed by atoms with van der Waals surface area (Å²) in [6, 6.07) is 21.1. The van der Waals surface area contributed by atoms with Crippen molar-refractivity contribution in [3.05, 3.63) is 95.9 Å². The van der Waals surface area contributed by atoms with E-state index in [0.717, 1.165) is 35.2 Å². The molecule has 0 spiro atoms. The van der Waals surface area contributed by atoms with Gasteiger partial charge in [0.1, 0.15) is 6.54 Å². The highest BCUT2D eigenvalue weighted by Crippen LogP contribution is 2.38. The molecular formula is C31H29N4+. The maximum atomic E-state index is 6.27. The molecule has 4 heteroatoms. The fourth-order valence-corrected chi connectivity index (χ4v) is 5.65. The van der Waals surface area contributed by atoms with Crippen molar-refractivity contribution in [1.82, 2.24) is 4.57 Å². The lowest BCUT2D eigenvalue weighted by molar-refractivity contribution is -0.430. The van der Waals surface area contributed by atoms with Crippen molar-refractivity contribution in [2.24, 2.45) is 0 Å². The predicted molar refractivity (Wildman–Crippen MR) is 150 cm³/mol. The van der Waals surface area contributed by atoms with E-state index in [-0.39, 0.29) is 0 Å². The number of aromatic nitrogens is 1. The van der Waals surface area contributed by atoms with Crippen molar-refractivity contribution in [1.29, 1.82) is 0 Å². The van der Waals surface area contributed by atoms with E-state index in [1.807, 2.05) is 12.1 Å². The summed E-state index contributed by atoms with van der Waals surface area (Å²) in [6.07, 6.45) is 10.8. The molecule has 0 bridgehead atoms. The Morgan fingerprint density at radius 3 is 2.26 bits per heavy atom. The number of nitrogen functional groups attached to an aromatic ring is 2. The Balaban J connectivity index is 1.40. The molecule has 0 amide bonds. The van der Waals surface area contributed by atoms with Gasteiger partial charge < -0.3 is 16.0 Å². The molecule has 0 fully saturated rings. The lowest BCUT2D eigenvalue weighted by Crippen LogP contribution is -2.14. The molecule has 6 rings (SSSR count). The number of benzene rings is 4. The number of hydrogen-bond acceptors (Lipinski definition) is 2. The number of hydrogen-bond donors (Lipinski definition) is 2. The Kier molecular flexibility index (Phi) is 4.96. The Bertz CT molecular complexity index is 1780. The average molecular weight is 458 g/mol. The van der Waals surface area contributed by atoms with Crippen LogP contribution in [-0.2, 0) is 6.54 Å². The van der Waals surface area contributed by atoms with Crippen LogP contribution in [0.4, 0.5) is 17.1 Å². The van der Waals surface area contributed by atoms with E-state index in [2.05, 4.69) is 102 Å². The summed E-state index contributed by atoms with van der Waals surface area (Å²) < 4.78 is 4.72. The third-order valence-corrected chi connectivity index (χ3v) is 7.18. The first-order valence-electron chi connectivity index (χ1n) is 12.2. The zero-order valence-corrected chi connectivity index (χ0v) is 20.1. The predicted octanol–water partition coefficient (Wildman–Crippen LogP) is 5.91. The first kappa shape index (κ1) is 21.2. The van der Waals surface area contributed by atoms with Crippen LogP contribution in [-0.4, -0.2) is 21.4 Å². The second-order valence-electron chi connectivity index (χ2n) is 8.97. The standard InChI is InChI=1S/C31H28N4/c1-3-34-26(22-12-8-10-20-24(32)16-18-28(34)30(20)22)14-6-5-7-15-27-23-13-9-11-21-25(33)17-19-29(31(21)23)35(27)4-2/h5-19H,3-4H2,1-2H3,(H3,32,33)/p+1. The highest BCUT2D eigenvalue weighted by atomic mass is 15.0. The number of aryl methyl sites for hydroxylation is 1. The van der Waals surface area contributed by atoms with E-state index < -0.39 is 0 Å². The molecule has 2 heterocycles. The molecule has 0 unspecified atom stereocenters. The summed E-state index contributed by atoms with van der Waals surface area (Å²) >= 11 is 0. The molecule has 1 aliphatic rings. The van der Waals surface area contributed by atoms with Crippen molar-refractivity contribution < 1.29 is 4.58 Å². The van der Waals surface area contributed by atoms with Gasteiger partial charge >= 0.3 is 0 Å². The Morgan fingerprint density at radius 1 is 0.771 bits per heavy atom. The van der Waals surface area contributed by atoms with Gasteiger partial charge in [0.05, 0.1) is 10.9 Å². The quantitative estimate of drug-likeness (QED) is 0.196. The van der Waals surface area contributed by atoms with E-state index in [4.69, 9.17) is 11.5 Å². The molecule has 0 saturated carbocycles. The second kappa shape index (κ2) is 8.17. The number of allylic oxidation sites excluding steroid dienone is 4. The van der Waals surface area contributed by atoms with Crippen LogP contribution in [0.5, 0.6) is 0 Å². The lowest BCUT2D eigenvalue weighted by Gasteiger charge is -2.04. The van der Waals surface area contributed by atoms with Crippen LogP contribution in [0.1, 0.15) is 19.4 Å². The van der Waals surface area contributed by atoms with Gasteiger partial charge in [-0.25, -0.2) is 0 Å². The molecule has 5 aromatic rings. The molecule has 1 aromatic heterocycles. The highest BCUT2D eigenvalue weighted by molar-refractivity contribution is 6.21. The van der Waals surface area contributed by atoms with Gasteiger partial charge in [-0.15, -0.1) is 0 Å². The minimum atomic E-state index is 0.827. The molecule has 4 nitrogen and oxygen atoms in total. The van der Waals surface area contributed by atoms with E-state index >= 15 is 0 Å². The van der Waals surface area contributed by atoms with Crippen LogP contribution >= 0.6 is 0 Å². The van der Waals surface area contributed by atoms with E-state index in [1.165, 1.54) is 44.0 Å². The van der Waals surface area contributed by atoms with Crippen molar-refractivity contribution in [3.63, 3.8) is 0 Å². The Morgan fingerprint density at radius 2 is 1.49 bits per heavy atom. The minimum Gasteiger partial charge on any atom is -0.398 e. The third-order valence-electron chi connectivity index (χ3n) is 7.18. The number of anilines is 2. The lowest BCUT2D eigenvalue weighted by atomic mass is 10.0. The van der Waals surface area contributed by atoms with Gasteiger partial charge in [-0.3, -0.25) is 0 Å². The van der Waals surface area contributed by atoms with Gasteiger partial charge in [-0.2, -0.15) is 4.58 Å². The molecule has 172 valence electrons. The Hall–Kier alpha value is -4.31. The van der Waals surface area contributed by atoms with Crippen LogP contribution in [0.25, 0.3) is 38.5 Å². The maximum Gasteiger partial charge on any atom is 0.214 e. The van der Waals surface area contributed by atoms with Gasteiger partial charge in [0.25, 0.3) is 0 Å². The minimum absolute atomic E-state index is 0.827. The molecule has 4 N–H and O–H groups in total. The molecule has 1 aliphatic heterocycles. The zero-order valence-electron chi connectivity index (χ0n) is 20.1. The molecule has 0 radical (unpaired) electrons. The van der Waals surface area contributed by atoms with E-state index in [1.54, 1.807) is 0 Å². The highest BCUT2D eigenvalue weighted by Gasteiger charge is 2.29. The molecule has 4 aromatic carbocycles. The van der Waals surface area contributed by atoms with Crippen molar-refractivity contribution in [3.8, 4) is 0 Å². The normalized spacial score (nSPS) is 14.3. The van der Waals surface area contributed by atoms with Crippen LogP contribution < -0.4 is 16.8 Å². The van der Waals surface area contributed by atoms with Gasteiger partial charge in [0.2, 0.25) is 11.4 Å². The van der Waals surface area contributed by atoms with Crippen LogP contribution in [0, 0.1) is 0 Å². The number of nitrogens with zero attached hydrogens (tertiary/aromatic N) is 2. The van der Waals surface area contributed by atoms with E-state index in [0.29, 0.717) is 0 Å². The number of nitrogens with two attached hydrogens (primary N) is 2. The summed E-state index contributed by atoms with van der Waals surface area (Å²) in [4.78, 5) is 0. The summed E-state index contributed by atoms with van der Waals surface area (Å²) in [7, 11) is 0. The molecule has 0 atom stereocenters. The molecular weight excluding hydrogens is 428 g/mol. The largest absolute Gasteiger partial charge is 0.398 e. The maximum absolute atomic E-state index is 6.27. The first-order valence-corrected chi connectivity index (χ1v) is 12.2. The zero-order chi connectivity index (χ0) is 24.1. The SMILES string of the molecule is CCn1c(=CC=CC=CC2=[N+](CC)c3ccc(N)c4cccc2c34)c2cccc3c(N)ccc1c32. The summed E-state index contributed by atoms with van der Waals surface area (Å²) in [5.74, 6) is 0. The fraction of sp³-hybridized carbons (Fsp3) is 0.129. The molecule has 0 aliphatic carbocycles. The van der Waals surface area contributed by atoms with Gasteiger partial charge in [-0.1, -0.05) is 48.6 Å². The van der Waals surface area contributed by atoms with Gasteiger partial charge in [-0.05, 0) is 44.2 Å². The summed E-state index contributed by atoms with van der Waals surface area (Å²) in [5, 5.41) is 7.18. The first-order chi connectivity index (χ1) is 17.1. The molecule has 0 saturated heterocycles. The van der Waals surface area contributed by atoms with Crippen LogP contribution in [0.2, 0.25) is 0 Å². The van der Waals surface area contributed by atoms with Crippen molar-refractivity contribution in [2.75, 3.05) is 18.0 Å². The molecule has 35 heavy (non-hydrogen) atoms. The number of rotatable bonds is 5. The monoisotopic (exact) mass is 457 g/mol. The Labute approximate surface area is 204 Å². The topological polar surface area (TPSA) is 60.0 Å². The van der Waals surface area contributed by atoms with Gasteiger partial charge in [0.15, 0.2) is 0 Å². The second-order valence-corrected chi connectivity index (χ2v) is 8.97. The van der Waals surface area contributed by atoms with Crippen molar-refractivity contribution >= 4 is 61.3 Å². The van der Waals surface area contributed by atoms with Gasteiger partial charge in [0, 0.05) is 62.5 Å². The fourth-order valence-electron chi connectivity index (χ4n) is 5.65. The van der Waals surface area contributed by atoms with E-state index in [9.17, 15) is 0 Å². The smallest absolute Gasteiger partial charge is 0.214 e. The average Bonchev–Trinajstić information content (AvgIpc) is 3.36. The summed E-state index contributed by atoms with van der Waals surface area (Å²) in [6.45, 7) is 6.18. The van der Waals surface area contributed by atoms with Crippen LogP contribution in [0.15, 0.2) is 85.0 Å². The summed E-state index contributed by atoms with van der Waals surface area (Å²) in [5.41, 5.74) is 19.1.